The van der Waals surface area contributed by atoms with Crippen LogP contribution in [0.1, 0.15) is 65.6 Å². The van der Waals surface area contributed by atoms with Crippen LogP contribution >= 0.6 is 0 Å². The number of carbonyl (C=O) groups excluding carboxylic acids is 1. The summed E-state index contributed by atoms with van der Waals surface area (Å²) < 4.78 is 13.0. The summed E-state index contributed by atoms with van der Waals surface area (Å²) in [6.07, 6.45) is -1.64. The van der Waals surface area contributed by atoms with Crippen molar-refractivity contribution in [3.05, 3.63) is 125 Å². The number of hydrogen-bond donors (Lipinski definition) is 5. The molecule has 1 saturated heterocycles. The number of rotatable bonds is 14. The van der Waals surface area contributed by atoms with E-state index < -0.39 is 18.4 Å². The molecule has 1 aliphatic heterocycles. The molecule has 10 heteroatoms. The summed E-state index contributed by atoms with van der Waals surface area (Å²) in [6.45, 7) is 1.11. The summed E-state index contributed by atoms with van der Waals surface area (Å²) in [5, 5.41) is 41.8. The van der Waals surface area contributed by atoms with Gasteiger partial charge in [0.15, 0.2) is 6.29 Å². The highest BCUT2D eigenvalue weighted by Gasteiger charge is 2.33. The predicted octanol–water partition coefficient (Wildman–Crippen LogP) is 5.24. The summed E-state index contributed by atoms with van der Waals surface area (Å²) in [6, 6.07) is 30.0. The molecule has 1 amide bonds. The monoisotopic (exact) mass is 654 g/mol. The van der Waals surface area contributed by atoms with Crippen LogP contribution in [0, 0.1) is 0 Å². The molecule has 5 rings (SSSR count). The van der Waals surface area contributed by atoms with E-state index in [2.05, 4.69) is 5.32 Å². The van der Waals surface area contributed by atoms with Gasteiger partial charge in [-0.25, -0.2) is 0 Å². The van der Waals surface area contributed by atoms with Crippen molar-refractivity contribution < 1.29 is 39.5 Å². The van der Waals surface area contributed by atoms with E-state index in [-0.39, 0.29) is 49.9 Å². The molecule has 0 saturated carbocycles. The van der Waals surface area contributed by atoms with Gasteiger partial charge in [-0.15, -0.1) is 0 Å². The second-order valence-corrected chi connectivity index (χ2v) is 12.1. The van der Waals surface area contributed by atoms with Crippen LogP contribution in [-0.4, -0.2) is 63.4 Å². The second-order valence-electron chi connectivity index (χ2n) is 12.1. The van der Waals surface area contributed by atoms with Gasteiger partial charge in [-0.05, 0) is 52.6 Å². The van der Waals surface area contributed by atoms with E-state index >= 15 is 0 Å². The van der Waals surface area contributed by atoms with Crippen LogP contribution in [0.15, 0.2) is 97.1 Å². The molecule has 1 heterocycles. The fourth-order valence-electron chi connectivity index (χ4n) is 5.87. The minimum Gasteiger partial charge on any atom is -0.508 e. The number of ether oxygens (including phenoxy) is 2. The van der Waals surface area contributed by atoms with E-state index in [1.165, 1.54) is 0 Å². The molecule has 4 aromatic carbocycles. The Morgan fingerprint density at radius 2 is 1.65 bits per heavy atom. The van der Waals surface area contributed by atoms with Crippen molar-refractivity contribution in [3.8, 4) is 16.9 Å². The van der Waals surface area contributed by atoms with E-state index in [0.29, 0.717) is 25.1 Å². The molecule has 4 atom stereocenters. The van der Waals surface area contributed by atoms with Gasteiger partial charge in [0, 0.05) is 38.0 Å². The van der Waals surface area contributed by atoms with Gasteiger partial charge in [-0.3, -0.25) is 9.59 Å². The minimum atomic E-state index is -1.01. The number of aliphatic hydroxyl groups is 2. The molecule has 0 radical (unpaired) electrons. The zero-order valence-corrected chi connectivity index (χ0v) is 26.9. The van der Waals surface area contributed by atoms with Gasteiger partial charge in [0.05, 0.1) is 31.3 Å². The van der Waals surface area contributed by atoms with Gasteiger partial charge in [0.2, 0.25) is 5.91 Å². The van der Waals surface area contributed by atoms with E-state index in [4.69, 9.17) is 14.6 Å². The molecule has 1 fully saturated rings. The van der Waals surface area contributed by atoms with Gasteiger partial charge in [-0.1, -0.05) is 84.9 Å². The first-order chi connectivity index (χ1) is 23.2. The number of aromatic hydroxyl groups is 1. The van der Waals surface area contributed by atoms with Crippen LogP contribution < -0.4 is 5.32 Å². The molecule has 0 aliphatic carbocycles. The first-order valence-electron chi connectivity index (χ1n) is 16.0. The Kier molecular flexibility index (Phi) is 11.9. The van der Waals surface area contributed by atoms with Gasteiger partial charge < -0.3 is 40.1 Å². The van der Waals surface area contributed by atoms with Crippen LogP contribution in [0.25, 0.3) is 11.1 Å². The maximum absolute atomic E-state index is 12.1. The average Bonchev–Trinajstić information content (AvgIpc) is 3.10. The summed E-state index contributed by atoms with van der Waals surface area (Å²) in [5.74, 6) is -1.22. The Morgan fingerprint density at radius 3 is 2.35 bits per heavy atom. The molecule has 5 N–H and O–H groups in total. The minimum absolute atomic E-state index is 0.0426. The third-order valence-corrected chi connectivity index (χ3v) is 8.42. The zero-order chi connectivity index (χ0) is 34.0. The Hall–Kier alpha value is -4.58. The topological polar surface area (TPSA) is 149 Å². The molecule has 1 aliphatic rings. The summed E-state index contributed by atoms with van der Waals surface area (Å²) in [4.78, 5) is 25.0. The number of benzene rings is 4. The third-order valence-electron chi connectivity index (χ3n) is 8.42. The number of phenols is 1. The van der Waals surface area contributed by atoms with Crippen molar-refractivity contribution in [2.45, 2.75) is 57.0 Å². The SMILES string of the molecule is CN(CC1CC(c2ccc(CO)cc2)OC(c2ccc(-c3ccccc3CNC(=O)CCC(=O)O)cc2)O1)CC(O)c1cccc(O)c1. The zero-order valence-electron chi connectivity index (χ0n) is 26.9. The highest BCUT2D eigenvalue weighted by molar-refractivity contribution is 5.80. The third kappa shape index (κ3) is 9.50. The first-order valence-corrected chi connectivity index (χ1v) is 16.0. The lowest BCUT2D eigenvalue weighted by molar-refractivity contribution is -0.252. The van der Waals surface area contributed by atoms with Crippen molar-refractivity contribution in [2.75, 3.05) is 20.1 Å². The number of hydrogen-bond acceptors (Lipinski definition) is 8. The van der Waals surface area contributed by atoms with Crippen molar-refractivity contribution in [1.82, 2.24) is 10.2 Å². The lowest BCUT2D eigenvalue weighted by Gasteiger charge is -2.38. The normalized spacial score (nSPS) is 18.4. The van der Waals surface area contributed by atoms with Crippen molar-refractivity contribution >= 4 is 11.9 Å². The molecule has 252 valence electrons. The second kappa shape index (κ2) is 16.5. The van der Waals surface area contributed by atoms with Crippen LogP contribution in [0.4, 0.5) is 0 Å². The smallest absolute Gasteiger partial charge is 0.303 e. The standard InChI is InChI=1S/C38H42N2O8/c1-40(23-34(43)29-6-4-7-31(42)19-29)22-32-20-35(27-11-9-25(24-41)10-12-27)48-38(47-32)28-15-13-26(14-16-28)33-8-3-2-5-30(33)21-39-36(44)17-18-37(45)46/h2-16,19,32,34-35,38,41-43H,17-18,20-24H2,1H3,(H,39,44)(H,45,46). The Balaban J connectivity index is 1.30. The molecular weight excluding hydrogens is 612 g/mol. The van der Waals surface area contributed by atoms with Crippen molar-refractivity contribution in [3.63, 3.8) is 0 Å². The molecule has 10 nitrogen and oxygen atoms in total. The molecule has 0 spiro atoms. The van der Waals surface area contributed by atoms with Crippen LogP contribution in [-0.2, 0) is 32.2 Å². The molecule has 4 aromatic rings. The Morgan fingerprint density at radius 1 is 0.917 bits per heavy atom. The molecule has 4 unspecified atom stereocenters. The Bertz CT molecular complexity index is 1660. The molecule has 0 bridgehead atoms. The van der Waals surface area contributed by atoms with Gasteiger partial charge in [-0.2, -0.15) is 0 Å². The van der Waals surface area contributed by atoms with Crippen LogP contribution in [0.3, 0.4) is 0 Å². The van der Waals surface area contributed by atoms with Gasteiger partial charge in [0.25, 0.3) is 0 Å². The lowest BCUT2D eigenvalue weighted by Crippen LogP contribution is -2.39. The number of amides is 1. The van der Waals surface area contributed by atoms with Crippen molar-refractivity contribution in [1.29, 1.82) is 0 Å². The lowest BCUT2D eigenvalue weighted by atomic mass is 9.97. The number of aliphatic hydroxyl groups excluding tert-OH is 2. The number of nitrogens with zero attached hydrogens (tertiary/aromatic N) is 1. The van der Waals surface area contributed by atoms with E-state index in [1.54, 1.807) is 24.3 Å². The largest absolute Gasteiger partial charge is 0.508 e. The average molecular weight is 655 g/mol. The summed E-state index contributed by atoms with van der Waals surface area (Å²) >= 11 is 0. The maximum atomic E-state index is 12.1. The number of aliphatic carboxylic acids is 1. The van der Waals surface area contributed by atoms with E-state index in [1.807, 2.05) is 84.7 Å². The fourth-order valence-corrected chi connectivity index (χ4v) is 5.87. The number of likely N-dealkylation sites (N-methyl/N-ethyl adjacent to an activating group) is 1. The van der Waals surface area contributed by atoms with Crippen LogP contribution in [0.5, 0.6) is 5.75 Å². The summed E-state index contributed by atoms with van der Waals surface area (Å²) in [5.41, 5.74) is 6.05. The number of nitrogens with one attached hydrogen (secondary N) is 1. The Labute approximate surface area is 280 Å². The number of carbonyl (C=O) groups is 2. The first kappa shape index (κ1) is 34.7. The fraction of sp³-hybridized carbons (Fsp3) is 0.316. The van der Waals surface area contributed by atoms with E-state index in [0.717, 1.165) is 33.4 Å². The molecule has 0 aromatic heterocycles. The summed E-state index contributed by atoms with van der Waals surface area (Å²) in [7, 11) is 1.92. The predicted molar refractivity (Wildman–Crippen MR) is 180 cm³/mol. The number of carboxylic acid groups (broad SMARTS) is 1. The highest BCUT2D eigenvalue weighted by atomic mass is 16.7. The number of carboxylic acids is 1. The maximum Gasteiger partial charge on any atom is 0.303 e. The van der Waals surface area contributed by atoms with Gasteiger partial charge in [0.1, 0.15) is 5.75 Å². The van der Waals surface area contributed by atoms with Gasteiger partial charge >= 0.3 is 5.97 Å². The highest BCUT2D eigenvalue weighted by Crippen LogP contribution is 2.39. The molecular formula is C38H42N2O8. The van der Waals surface area contributed by atoms with E-state index in [9.17, 15) is 24.9 Å². The van der Waals surface area contributed by atoms with Crippen molar-refractivity contribution in [2.24, 2.45) is 0 Å². The van der Waals surface area contributed by atoms with Crippen LogP contribution in [0.2, 0.25) is 0 Å². The molecule has 48 heavy (non-hydrogen) atoms. The quantitative estimate of drug-likeness (QED) is 0.123. The number of phenolic OH excluding ortho intramolecular Hbond substituents is 1.